The zero-order chi connectivity index (χ0) is 20.3. The summed E-state index contributed by atoms with van der Waals surface area (Å²) >= 11 is 0. The van der Waals surface area contributed by atoms with E-state index in [1.165, 1.54) is 43.6 Å². The zero-order valence-corrected chi connectivity index (χ0v) is 14.5. The highest BCUT2D eigenvalue weighted by Gasteiger charge is 2.38. The third-order valence-corrected chi connectivity index (χ3v) is 3.63. The van der Waals surface area contributed by atoms with Crippen LogP contribution in [-0.2, 0) is 19.8 Å². The monoisotopic (exact) mass is 394 g/mol. The quantitative estimate of drug-likeness (QED) is 0.670. The normalized spacial score (nSPS) is 11.3. The highest BCUT2D eigenvalue weighted by molar-refractivity contribution is 5.95. The Kier molecular flexibility index (Phi) is 5.30. The summed E-state index contributed by atoms with van der Waals surface area (Å²) < 4.78 is 58.0. The molecule has 1 aromatic carbocycles. The first-order valence-electron chi connectivity index (χ1n) is 8.00. The molecular formula is C18H14F4N4O2. The zero-order valence-electron chi connectivity index (χ0n) is 14.5. The van der Waals surface area contributed by atoms with Gasteiger partial charge in [-0.15, -0.1) is 0 Å². The summed E-state index contributed by atoms with van der Waals surface area (Å²) in [6.45, 7) is -0.0329. The summed E-state index contributed by atoms with van der Waals surface area (Å²) in [5.74, 6) is -0.653. The van der Waals surface area contributed by atoms with Gasteiger partial charge in [0.2, 0.25) is 5.88 Å². The fourth-order valence-corrected chi connectivity index (χ4v) is 2.34. The molecule has 0 spiro atoms. The Balaban J connectivity index is 1.62. The number of hydrogen-bond donors (Lipinski definition) is 1. The molecule has 0 radical (unpaired) electrons. The van der Waals surface area contributed by atoms with Crippen molar-refractivity contribution in [2.45, 2.75) is 12.7 Å². The van der Waals surface area contributed by atoms with E-state index < -0.39 is 29.2 Å². The van der Waals surface area contributed by atoms with E-state index in [2.05, 4.69) is 15.4 Å². The first-order valence-corrected chi connectivity index (χ1v) is 8.00. The Morgan fingerprint density at radius 2 is 1.89 bits per heavy atom. The molecule has 28 heavy (non-hydrogen) atoms. The van der Waals surface area contributed by atoms with Gasteiger partial charge in [0.05, 0.1) is 5.56 Å². The Morgan fingerprint density at radius 1 is 1.18 bits per heavy atom. The van der Waals surface area contributed by atoms with E-state index in [4.69, 9.17) is 4.74 Å². The van der Waals surface area contributed by atoms with Crippen LogP contribution >= 0.6 is 0 Å². The van der Waals surface area contributed by atoms with Crippen molar-refractivity contribution in [2.24, 2.45) is 7.05 Å². The molecule has 3 aromatic rings. The lowest BCUT2D eigenvalue weighted by Crippen LogP contribution is -2.25. The van der Waals surface area contributed by atoms with E-state index in [-0.39, 0.29) is 12.4 Å². The van der Waals surface area contributed by atoms with Crippen LogP contribution in [0.15, 0.2) is 48.8 Å². The first-order chi connectivity index (χ1) is 13.2. The molecule has 0 saturated carbocycles. The van der Waals surface area contributed by atoms with Crippen molar-refractivity contribution < 1.29 is 27.1 Å². The van der Waals surface area contributed by atoms with E-state index in [9.17, 15) is 22.4 Å². The molecule has 1 N–H and O–H groups in total. The predicted octanol–water partition coefficient (Wildman–Crippen LogP) is 3.70. The SMILES string of the molecule is Cn1cc(C(=O)NCc2ccc(Oc3ccc(F)cc3)nc2)c(C(F)(F)F)n1. The Morgan fingerprint density at radius 3 is 2.50 bits per heavy atom. The molecule has 0 bridgehead atoms. The molecule has 0 fully saturated rings. The van der Waals surface area contributed by atoms with Gasteiger partial charge >= 0.3 is 6.18 Å². The van der Waals surface area contributed by atoms with Gasteiger partial charge in [-0.3, -0.25) is 9.48 Å². The standard InChI is InChI=1S/C18H14F4N4O2/c1-26-10-14(16(25-26)18(20,21)22)17(27)24-9-11-2-7-15(23-8-11)28-13-5-3-12(19)4-6-13/h2-8,10H,9H2,1H3,(H,24,27). The van der Waals surface area contributed by atoms with Crippen LogP contribution in [-0.4, -0.2) is 20.7 Å². The molecule has 0 unspecified atom stereocenters. The van der Waals surface area contributed by atoms with E-state index >= 15 is 0 Å². The molecule has 3 rings (SSSR count). The van der Waals surface area contributed by atoms with Gasteiger partial charge in [-0.1, -0.05) is 6.07 Å². The summed E-state index contributed by atoms with van der Waals surface area (Å²) in [7, 11) is 1.30. The van der Waals surface area contributed by atoms with Crippen LogP contribution in [0.4, 0.5) is 17.6 Å². The van der Waals surface area contributed by atoms with E-state index in [0.29, 0.717) is 11.3 Å². The topological polar surface area (TPSA) is 69.0 Å². The van der Waals surface area contributed by atoms with Gasteiger partial charge in [-0.25, -0.2) is 9.37 Å². The summed E-state index contributed by atoms with van der Waals surface area (Å²) in [5, 5.41) is 5.70. The molecule has 0 atom stereocenters. The van der Waals surface area contributed by atoms with Crippen molar-refractivity contribution in [3.05, 3.63) is 71.4 Å². The maximum absolute atomic E-state index is 12.9. The minimum atomic E-state index is -4.73. The van der Waals surface area contributed by atoms with Crippen molar-refractivity contribution in [3.63, 3.8) is 0 Å². The van der Waals surface area contributed by atoms with Crippen LogP contribution in [0.5, 0.6) is 11.6 Å². The highest BCUT2D eigenvalue weighted by atomic mass is 19.4. The van der Waals surface area contributed by atoms with Gasteiger partial charge in [0.1, 0.15) is 11.6 Å². The van der Waals surface area contributed by atoms with Gasteiger partial charge in [0.15, 0.2) is 5.69 Å². The second kappa shape index (κ2) is 7.67. The van der Waals surface area contributed by atoms with E-state index in [1.54, 1.807) is 6.07 Å². The summed E-state index contributed by atoms with van der Waals surface area (Å²) in [4.78, 5) is 16.1. The number of carbonyl (C=O) groups is 1. The second-order valence-corrected chi connectivity index (χ2v) is 5.81. The Labute approximate surface area is 156 Å². The number of pyridine rings is 1. The van der Waals surface area contributed by atoms with Crippen LogP contribution < -0.4 is 10.1 Å². The van der Waals surface area contributed by atoms with Crippen LogP contribution in [0.25, 0.3) is 0 Å². The number of halogens is 4. The van der Waals surface area contributed by atoms with Crippen LogP contribution in [0, 0.1) is 5.82 Å². The number of aryl methyl sites for hydroxylation is 1. The molecule has 1 amide bonds. The number of amides is 1. The fourth-order valence-electron chi connectivity index (χ4n) is 2.34. The van der Waals surface area contributed by atoms with Crippen molar-refractivity contribution in [1.82, 2.24) is 20.1 Å². The van der Waals surface area contributed by atoms with Gasteiger partial charge in [-0.05, 0) is 29.8 Å². The Bertz CT molecular complexity index is 967. The molecule has 146 valence electrons. The smallest absolute Gasteiger partial charge is 0.435 e. The molecule has 10 heteroatoms. The lowest BCUT2D eigenvalue weighted by atomic mass is 10.2. The van der Waals surface area contributed by atoms with Crippen molar-refractivity contribution in [3.8, 4) is 11.6 Å². The molecule has 0 aliphatic rings. The van der Waals surface area contributed by atoms with Gasteiger partial charge in [-0.2, -0.15) is 18.3 Å². The Hall–Kier alpha value is -3.43. The lowest BCUT2D eigenvalue weighted by Gasteiger charge is -2.08. The molecule has 0 aliphatic heterocycles. The number of nitrogens with zero attached hydrogens (tertiary/aromatic N) is 3. The van der Waals surface area contributed by atoms with Gasteiger partial charge in [0, 0.05) is 32.1 Å². The second-order valence-electron chi connectivity index (χ2n) is 5.81. The molecule has 0 saturated heterocycles. The van der Waals surface area contributed by atoms with Gasteiger partial charge < -0.3 is 10.1 Å². The molecule has 2 aromatic heterocycles. The largest absolute Gasteiger partial charge is 0.439 e. The van der Waals surface area contributed by atoms with E-state index in [0.717, 1.165) is 10.9 Å². The van der Waals surface area contributed by atoms with Crippen LogP contribution in [0.2, 0.25) is 0 Å². The number of rotatable bonds is 5. The number of aromatic nitrogens is 3. The van der Waals surface area contributed by atoms with E-state index in [1.807, 2.05) is 0 Å². The third-order valence-electron chi connectivity index (χ3n) is 3.63. The fraction of sp³-hybridized carbons (Fsp3) is 0.167. The lowest BCUT2D eigenvalue weighted by molar-refractivity contribution is -0.141. The van der Waals surface area contributed by atoms with Crippen molar-refractivity contribution in [2.75, 3.05) is 0 Å². The minimum absolute atomic E-state index is 0.0329. The highest BCUT2D eigenvalue weighted by Crippen LogP contribution is 2.30. The molecule has 0 aliphatic carbocycles. The van der Waals surface area contributed by atoms with Gasteiger partial charge in [0.25, 0.3) is 5.91 Å². The third kappa shape index (κ3) is 4.64. The summed E-state index contributed by atoms with van der Waals surface area (Å²) in [5.41, 5.74) is -1.25. The maximum atomic E-state index is 12.9. The number of hydrogen-bond acceptors (Lipinski definition) is 4. The predicted molar refractivity (Wildman–Crippen MR) is 90.1 cm³/mol. The minimum Gasteiger partial charge on any atom is -0.439 e. The summed E-state index contributed by atoms with van der Waals surface area (Å²) in [6.07, 6.45) is -2.31. The van der Waals surface area contributed by atoms with Crippen LogP contribution in [0.3, 0.4) is 0 Å². The van der Waals surface area contributed by atoms with Crippen LogP contribution in [0.1, 0.15) is 21.6 Å². The number of carbonyl (C=O) groups excluding carboxylic acids is 1. The maximum Gasteiger partial charge on any atom is 0.435 e. The summed E-state index contributed by atoms with van der Waals surface area (Å²) in [6, 6.07) is 8.49. The first kappa shape index (κ1) is 19.3. The average Bonchev–Trinajstić information content (AvgIpc) is 3.05. The molecular weight excluding hydrogens is 380 g/mol. The average molecular weight is 394 g/mol. The number of benzene rings is 1. The number of ether oxygens (including phenoxy) is 1. The molecule has 6 nitrogen and oxygen atoms in total. The number of alkyl halides is 3. The van der Waals surface area contributed by atoms with Crippen molar-refractivity contribution >= 4 is 5.91 Å². The van der Waals surface area contributed by atoms with Crippen molar-refractivity contribution in [1.29, 1.82) is 0 Å². The molecule has 2 heterocycles. The number of nitrogens with one attached hydrogen (secondary N) is 1.